The first-order chi connectivity index (χ1) is 13.8. The molecule has 2 aromatic rings. The summed E-state index contributed by atoms with van der Waals surface area (Å²) in [7, 11) is -0.707. The summed E-state index contributed by atoms with van der Waals surface area (Å²) >= 11 is 0. The summed E-state index contributed by atoms with van der Waals surface area (Å²) < 4.78 is 38.2. The van der Waals surface area contributed by atoms with Gasteiger partial charge in [-0.1, -0.05) is 0 Å². The quantitative estimate of drug-likeness (QED) is 0.722. The number of amides is 1. The topological polar surface area (TPSA) is 107 Å². The summed E-state index contributed by atoms with van der Waals surface area (Å²) in [5, 5.41) is 2.66. The maximum Gasteiger partial charge on any atom is 0.251 e. The Morgan fingerprint density at radius 3 is 2.48 bits per heavy atom. The first kappa shape index (κ1) is 20.9. The molecule has 0 bridgehead atoms. The molecule has 10 heteroatoms. The SMILES string of the molecule is COc1ccc(NC(=O)Cn2cc(S(=O)(=O)N3CCCC3)ccc2=O)c(OC)c1. The van der Waals surface area contributed by atoms with Crippen LogP contribution < -0.4 is 20.3 Å². The van der Waals surface area contributed by atoms with Crippen LogP contribution in [0.25, 0.3) is 0 Å². The number of aromatic nitrogens is 1. The minimum absolute atomic E-state index is 0.00571. The highest BCUT2D eigenvalue weighted by Crippen LogP contribution is 2.29. The Bertz CT molecular complexity index is 1060. The fourth-order valence-corrected chi connectivity index (χ4v) is 4.65. The number of anilines is 1. The van der Waals surface area contributed by atoms with Gasteiger partial charge in [0.1, 0.15) is 18.0 Å². The molecule has 0 aliphatic carbocycles. The van der Waals surface area contributed by atoms with E-state index in [-0.39, 0.29) is 11.4 Å². The second-order valence-corrected chi connectivity index (χ2v) is 8.49. The number of ether oxygens (including phenoxy) is 2. The number of hydrogen-bond acceptors (Lipinski definition) is 6. The van der Waals surface area contributed by atoms with Crippen LogP contribution in [0.15, 0.2) is 46.2 Å². The molecule has 1 aliphatic rings. The Morgan fingerprint density at radius 2 is 1.83 bits per heavy atom. The largest absolute Gasteiger partial charge is 0.497 e. The zero-order valence-electron chi connectivity index (χ0n) is 16.3. The molecule has 0 radical (unpaired) electrons. The van der Waals surface area contributed by atoms with Gasteiger partial charge in [0.05, 0.1) is 24.8 Å². The summed E-state index contributed by atoms with van der Waals surface area (Å²) in [6.07, 6.45) is 2.83. The van der Waals surface area contributed by atoms with Crippen molar-refractivity contribution in [3.8, 4) is 11.5 Å². The van der Waals surface area contributed by atoms with Gasteiger partial charge < -0.3 is 19.4 Å². The van der Waals surface area contributed by atoms with Crippen molar-refractivity contribution >= 4 is 21.6 Å². The van der Waals surface area contributed by atoms with Crippen molar-refractivity contribution in [2.45, 2.75) is 24.3 Å². The molecule has 29 heavy (non-hydrogen) atoms. The van der Waals surface area contributed by atoms with Gasteiger partial charge in [-0.2, -0.15) is 4.31 Å². The van der Waals surface area contributed by atoms with Crippen LogP contribution in [0.5, 0.6) is 11.5 Å². The Morgan fingerprint density at radius 1 is 1.10 bits per heavy atom. The van der Waals surface area contributed by atoms with Gasteiger partial charge in [-0.15, -0.1) is 0 Å². The number of nitrogens with one attached hydrogen (secondary N) is 1. The molecule has 1 saturated heterocycles. The normalized spacial score (nSPS) is 14.6. The fourth-order valence-electron chi connectivity index (χ4n) is 3.11. The lowest BCUT2D eigenvalue weighted by molar-refractivity contribution is -0.116. The van der Waals surface area contributed by atoms with E-state index in [1.165, 1.54) is 30.8 Å². The van der Waals surface area contributed by atoms with E-state index < -0.39 is 21.5 Å². The molecule has 0 spiro atoms. The molecule has 156 valence electrons. The summed E-state index contributed by atoms with van der Waals surface area (Å²) in [5.74, 6) is 0.470. The number of nitrogens with zero attached hydrogens (tertiary/aromatic N) is 2. The van der Waals surface area contributed by atoms with Crippen LogP contribution in [0.1, 0.15) is 12.8 Å². The molecule has 1 aromatic carbocycles. The Balaban J connectivity index is 1.80. The van der Waals surface area contributed by atoms with Gasteiger partial charge in [0, 0.05) is 31.4 Å². The highest BCUT2D eigenvalue weighted by atomic mass is 32.2. The van der Waals surface area contributed by atoms with E-state index in [0.29, 0.717) is 30.3 Å². The Labute approximate surface area is 168 Å². The maximum atomic E-state index is 12.7. The van der Waals surface area contributed by atoms with Crippen molar-refractivity contribution in [2.24, 2.45) is 0 Å². The number of carbonyl (C=O) groups excluding carboxylic acids is 1. The third-order valence-electron chi connectivity index (χ3n) is 4.66. The van der Waals surface area contributed by atoms with E-state index in [0.717, 1.165) is 23.5 Å². The van der Waals surface area contributed by atoms with Gasteiger partial charge in [-0.05, 0) is 31.0 Å². The van der Waals surface area contributed by atoms with Crippen molar-refractivity contribution in [1.29, 1.82) is 0 Å². The van der Waals surface area contributed by atoms with E-state index in [1.54, 1.807) is 18.2 Å². The Hall–Kier alpha value is -2.85. The van der Waals surface area contributed by atoms with Gasteiger partial charge in [0.15, 0.2) is 0 Å². The van der Waals surface area contributed by atoms with Crippen molar-refractivity contribution in [2.75, 3.05) is 32.6 Å². The van der Waals surface area contributed by atoms with Gasteiger partial charge in [-0.3, -0.25) is 9.59 Å². The Kier molecular flexibility index (Phi) is 6.23. The molecular formula is C19H23N3O6S. The number of sulfonamides is 1. The average molecular weight is 421 g/mol. The molecule has 2 heterocycles. The number of benzene rings is 1. The zero-order chi connectivity index (χ0) is 21.0. The molecule has 1 aliphatic heterocycles. The molecule has 1 amide bonds. The van der Waals surface area contributed by atoms with Gasteiger partial charge in [0.2, 0.25) is 15.9 Å². The summed E-state index contributed by atoms with van der Waals surface area (Å²) in [5.41, 5.74) is -0.0607. The average Bonchev–Trinajstić information content (AvgIpc) is 3.25. The number of carbonyl (C=O) groups is 1. The second kappa shape index (κ2) is 8.66. The van der Waals surface area contributed by atoms with Crippen LogP contribution in [0.4, 0.5) is 5.69 Å². The predicted molar refractivity (Wildman–Crippen MR) is 107 cm³/mol. The van der Waals surface area contributed by atoms with Crippen molar-refractivity contribution in [3.63, 3.8) is 0 Å². The van der Waals surface area contributed by atoms with Crippen molar-refractivity contribution in [1.82, 2.24) is 8.87 Å². The van der Waals surface area contributed by atoms with E-state index >= 15 is 0 Å². The van der Waals surface area contributed by atoms with Gasteiger partial charge >= 0.3 is 0 Å². The van der Waals surface area contributed by atoms with Crippen LogP contribution in [0, 0.1) is 0 Å². The van der Waals surface area contributed by atoms with E-state index in [9.17, 15) is 18.0 Å². The molecule has 9 nitrogen and oxygen atoms in total. The fraction of sp³-hybridized carbons (Fsp3) is 0.368. The van der Waals surface area contributed by atoms with E-state index in [1.807, 2.05) is 0 Å². The molecule has 3 rings (SSSR count). The predicted octanol–water partition coefficient (Wildman–Crippen LogP) is 1.29. The van der Waals surface area contributed by atoms with Crippen molar-refractivity contribution in [3.05, 3.63) is 46.9 Å². The van der Waals surface area contributed by atoms with E-state index in [4.69, 9.17) is 9.47 Å². The smallest absolute Gasteiger partial charge is 0.251 e. The molecule has 0 unspecified atom stereocenters. The monoisotopic (exact) mass is 421 g/mol. The molecule has 0 atom stereocenters. The number of methoxy groups -OCH3 is 2. The van der Waals surface area contributed by atoms with Gasteiger partial charge in [-0.25, -0.2) is 8.42 Å². The molecule has 1 N–H and O–H groups in total. The lowest BCUT2D eigenvalue weighted by atomic mass is 10.2. The van der Waals surface area contributed by atoms with Gasteiger partial charge in [0.25, 0.3) is 5.56 Å². The van der Waals surface area contributed by atoms with Crippen LogP contribution in [-0.2, 0) is 21.4 Å². The highest BCUT2D eigenvalue weighted by Gasteiger charge is 2.27. The third kappa shape index (κ3) is 4.60. The third-order valence-corrected chi connectivity index (χ3v) is 6.54. The first-order valence-electron chi connectivity index (χ1n) is 9.07. The van der Waals surface area contributed by atoms with Crippen LogP contribution in [0.2, 0.25) is 0 Å². The molecule has 0 saturated carbocycles. The van der Waals surface area contributed by atoms with Crippen LogP contribution in [0.3, 0.4) is 0 Å². The minimum atomic E-state index is -3.68. The molecule has 1 aromatic heterocycles. The molecular weight excluding hydrogens is 398 g/mol. The second-order valence-electron chi connectivity index (χ2n) is 6.56. The maximum absolute atomic E-state index is 12.7. The van der Waals surface area contributed by atoms with Crippen molar-refractivity contribution < 1.29 is 22.7 Å². The minimum Gasteiger partial charge on any atom is -0.497 e. The number of hydrogen-bond donors (Lipinski definition) is 1. The number of pyridine rings is 1. The molecule has 1 fully saturated rings. The lowest BCUT2D eigenvalue weighted by Crippen LogP contribution is -2.31. The summed E-state index contributed by atoms with van der Waals surface area (Å²) in [4.78, 5) is 24.6. The summed E-state index contributed by atoms with van der Waals surface area (Å²) in [6.45, 7) is 0.579. The van der Waals surface area contributed by atoms with E-state index in [2.05, 4.69) is 5.32 Å². The highest BCUT2D eigenvalue weighted by molar-refractivity contribution is 7.89. The lowest BCUT2D eigenvalue weighted by Gasteiger charge is -2.16. The first-order valence-corrected chi connectivity index (χ1v) is 10.5. The number of rotatable bonds is 7. The van der Waals surface area contributed by atoms with Crippen LogP contribution in [-0.4, -0.2) is 50.5 Å². The standard InChI is InChI=1S/C19H23N3O6S/c1-27-14-5-7-16(17(11-14)28-2)20-18(23)13-21-12-15(6-8-19(21)24)29(25,26)22-9-3-4-10-22/h5-8,11-12H,3-4,9-10,13H2,1-2H3,(H,20,23). The summed E-state index contributed by atoms with van der Waals surface area (Å²) in [6, 6.07) is 7.33. The zero-order valence-corrected chi connectivity index (χ0v) is 17.1. The van der Waals surface area contributed by atoms with Crippen LogP contribution >= 0.6 is 0 Å².